The molecule has 0 unspecified atom stereocenters. The average Bonchev–Trinajstić information content (AvgIpc) is 2.75. The number of hydrogen-bond acceptors (Lipinski definition) is 9. The van der Waals surface area contributed by atoms with E-state index in [9.17, 15) is 19.2 Å². The number of amides is 1. The van der Waals surface area contributed by atoms with E-state index in [0.29, 0.717) is 11.4 Å². The third-order valence-electron chi connectivity index (χ3n) is 4.36. The van der Waals surface area contributed by atoms with Gasteiger partial charge in [-0.05, 0) is 30.7 Å². The molecule has 176 valence electrons. The molecule has 0 radical (unpaired) electrons. The number of aromatic nitrogens is 4. The molecule has 2 aromatic heterocycles. The molecule has 2 heterocycles. The number of H-pyrrole nitrogens is 1. The van der Waals surface area contributed by atoms with E-state index in [1.54, 1.807) is 12.1 Å². The Morgan fingerprint density at radius 1 is 1.12 bits per heavy atom. The van der Waals surface area contributed by atoms with Crippen LogP contribution in [-0.4, -0.2) is 54.0 Å². The Morgan fingerprint density at radius 2 is 1.82 bits per heavy atom. The predicted octanol–water partition coefficient (Wildman–Crippen LogP) is -0.0473. The second-order valence-corrected chi connectivity index (χ2v) is 6.71. The summed E-state index contributed by atoms with van der Waals surface area (Å²) < 4.78 is 0. The molecule has 0 aliphatic rings. The number of nitrogen functional groups attached to an aromatic ring is 1. The zero-order valence-corrected chi connectivity index (χ0v) is 19.1. The van der Waals surface area contributed by atoms with Gasteiger partial charge in [-0.25, -0.2) is 14.8 Å². The molecule has 13 nitrogen and oxygen atoms in total. The number of anilines is 2. The molecule has 7 N–H and O–H groups in total. The van der Waals surface area contributed by atoms with Crippen LogP contribution in [0.25, 0.3) is 11.2 Å². The van der Waals surface area contributed by atoms with Gasteiger partial charge in [-0.3, -0.25) is 19.4 Å². The van der Waals surface area contributed by atoms with Crippen molar-refractivity contribution in [2.45, 2.75) is 25.4 Å². The number of hydrogen-bond donors (Lipinski definition) is 6. The van der Waals surface area contributed by atoms with Crippen LogP contribution in [0.4, 0.5) is 11.6 Å². The maximum Gasteiger partial charge on any atom is 0.326 e. The molecule has 3 rings (SSSR count). The van der Waals surface area contributed by atoms with Crippen LogP contribution in [0.5, 0.6) is 0 Å². The van der Waals surface area contributed by atoms with Gasteiger partial charge in [0.2, 0.25) is 5.95 Å². The van der Waals surface area contributed by atoms with E-state index in [2.05, 4.69) is 30.6 Å². The number of aromatic amines is 1. The van der Waals surface area contributed by atoms with Crippen LogP contribution in [0.15, 0.2) is 35.3 Å². The topological polar surface area (TPSA) is 213 Å². The quantitative estimate of drug-likeness (QED) is 0.183. The van der Waals surface area contributed by atoms with Crippen LogP contribution in [-0.2, 0) is 37.2 Å². The Bertz CT molecular complexity index is 1230. The number of nitrogens with one attached hydrogen (secondary N) is 3. The van der Waals surface area contributed by atoms with Gasteiger partial charge in [0.1, 0.15) is 6.04 Å². The number of fused-ring (bicyclic) bond motifs is 1. The number of carboxylic acids is 2. The van der Waals surface area contributed by atoms with Gasteiger partial charge in [0.15, 0.2) is 11.2 Å². The zero-order valence-electron chi connectivity index (χ0n) is 16.8. The van der Waals surface area contributed by atoms with Crippen LogP contribution in [0.2, 0.25) is 0 Å². The van der Waals surface area contributed by atoms with E-state index in [1.165, 1.54) is 18.3 Å². The molecular formula is C19H19N7O6Pt. The standard InChI is InChI=1S/C19H19N7O6.Pt/c20-19-25-15-14(17(30)26-19)23-11(8-22-15)7-21-10-3-1-9(2-4-10)16(29)24-12(18(31)32)5-6-13(27)28;/h1-4,8,12,21H,5-7H2,(H,24,29)(H,27,28)(H,31,32)(H3,20,22,25,26,30);/t12-;/m0./s1. The Kier molecular flexibility index (Phi) is 8.57. The van der Waals surface area contributed by atoms with Crippen molar-refractivity contribution in [2.75, 3.05) is 11.1 Å². The second-order valence-electron chi connectivity index (χ2n) is 6.71. The Morgan fingerprint density at radius 3 is 2.45 bits per heavy atom. The molecule has 0 aliphatic heterocycles. The van der Waals surface area contributed by atoms with Crippen LogP contribution in [0.1, 0.15) is 28.9 Å². The summed E-state index contributed by atoms with van der Waals surface area (Å²) in [5.41, 5.74) is 6.47. The summed E-state index contributed by atoms with van der Waals surface area (Å²) in [4.78, 5) is 60.6. The maximum atomic E-state index is 12.3. The van der Waals surface area contributed by atoms with E-state index < -0.39 is 29.4 Å². The van der Waals surface area contributed by atoms with E-state index in [1.807, 2.05) is 0 Å². The third-order valence-corrected chi connectivity index (χ3v) is 4.36. The van der Waals surface area contributed by atoms with Gasteiger partial charge in [-0.2, -0.15) is 4.98 Å². The summed E-state index contributed by atoms with van der Waals surface area (Å²) in [6.45, 7) is 0.231. The van der Waals surface area contributed by atoms with Crippen LogP contribution in [0, 0.1) is 0 Å². The molecule has 0 spiro atoms. The second kappa shape index (κ2) is 11.1. The van der Waals surface area contributed by atoms with Crippen LogP contribution < -0.4 is 21.9 Å². The smallest absolute Gasteiger partial charge is 0.326 e. The minimum atomic E-state index is -1.31. The first-order chi connectivity index (χ1) is 15.2. The van der Waals surface area contributed by atoms with Gasteiger partial charge in [0.25, 0.3) is 11.5 Å². The number of nitrogens with two attached hydrogens (primary N) is 1. The molecule has 3 aromatic rings. The Labute approximate surface area is 200 Å². The van der Waals surface area contributed by atoms with Crippen LogP contribution in [0.3, 0.4) is 0 Å². The molecule has 0 aliphatic carbocycles. The Balaban J connectivity index is 0.00000385. The average molecular weight is 636 g/mol. The van der Waals surface area contributed by atoms with E-state index in [4.69, 9.17) is 15.9 Å². The summed E-state index contributed by atoms with van der Waals surface area (Å²) >= 11 is 0. The minimum Gasteiger partial charge on any atom is -0.481 e. The molecule has 0 fully saturated rings. The number of aliphatic carboxylic acids is 2. The van der Waals surface area contributed by atoms with Gasteiger partial charge >= 0.3 is 11.9 Å². The number of benzene rings is 1. The molecule has 0 saturated heterocycles. The predicted molar refractivity (Wildman–Crippen MR) is 112 cm³/mol. The maximum absolute atomic E-state index is 12.3. The fraction of sp³-hybridized carbons (Fsp3) is 0.211. The zero-order chi connectivity index (χ0) is 23.3. The molecular weight excluding hydrogens is 617 g/mol. The summed E-state index contributed by atoms with van der Waals surface area (Å²) in [5, 5.41) is 23.2. The fourth-order valence-electron chi connectivity index (χ4n) is 2.75. The minimum absolute atomic E-state index is 0. The largest absolute Gasteiger partial charge is 0.481 e. The first kappa shape index (κ1) is 25.4. The van der Waals surface area contributed by atoms with Crippen molar-refractivity contribution < 1.29 is 45.7 Å². The van der Waals surface area contributed by atoms with Crippen molar-refractivity contribution >= 4 is 40.6 Å². The number of rotatable bonds is 9. The van der Waals surface area contributed by atoms with E-state index in [-0.39, 0.29) is 63.1 Å². The number of carbonyl (C=O) groups is 3. The number of carboxylic acid groups (broad SMARTS) is 2. The SMILES string of the molecule is Nc1nc2ncc(CNc3ccc(C(=O)N[C@@H](CCC(=O)O)C(=O)O)cc3)nc2c(=O)[nH]1.[Pt]. The van der Waals surface area contributed by atoms with Crippen molar-refractivity contribution in [3.63, 3.8) is 0 Å². The first-order valence-corrected chi connectivity index (χ1v) is 9.33. The molecule has 1 amide bonds. The molecule has 33 heavy (non-hydrogen) atoms. The van der Waals surface area contributed by atoms with Crippen molar-refractivity contribution in [1.82, 2.24) is 25.3 Å². The van der Waals surface area contributed by atoms with Crippen LogP contribution >= 0.6 is 0 Å². The number of carbonyl (C=O) groups excluding carboxylic acids is 1. The van der Waals surface area contributed by atoms with Gasteiger partial charge in [0.05, 0.1) is 18.4 Å². The summed E-state index contributed by atoms with van der Waals surface area (Å²) in [6.07, 6.45) is 0.840. The van der Waals surface area contributed by atoms with E-state index >= 15 is 0 Å². The van der Waals surface area contributed by atoms with Gasteiger partial charge in [-0.15, -0.1) is 0 Å². The molecule has 1 aromatic carbocycles. The van der Waals surface area contributed by atoms with Gasteiger partial charge in [-0.1, -0.05) is 0 Å². The fourth-order valence-corrected chi connectivity index (χ4v) is 2.75. The van der Waals surface area contributed by atoms with Crippen molar-refractivity contribution in [3.8, 4) is 0 Å². The van der Waals surface area contributed by atoms with Crippen molar-refractivity contribution in [2.24, 2.45) is 0 Å². The molecule has 0 bridgehead atoms. The van der Waals surface area contributed by atoms with Gasteiger partial charge < -0.3 is 26.6 Å². The van der Waals surface area contributed by atoms with Gasteiger partial charge in [0, 0.05) is 38.7 Å². The summed E-state index contributed by atoms with van der Waals surface area (Å²) in [5.74, 6) is -3.16. The summed E-state index contributed by atoms with van der Waals surface area (Å²) in [6, 6.07) is 4.86. The Hall–Kier alpha value is -3.86. The molecule has 1 atom stereocenters. The monoisotopic (exact) mass is 636 g/mol. The molecule has 0 saturated carbocycles. The normalized spacial score (nSPS) is 11.3. The van der Waals surface area contributed by atoms with Crippen molar-refractivity contribution in [3.05, 3.63) is 52.1 Å². The summed E-state index contributed by atoms with van der Waals surface area (Å²) in [7, 11) is 0. The molecule has 14 heteroatoms. The third kappa shape index (κ3) is 6.81. The first-order valence-electron chi connectivity index (χ1n) is 9.33. The van der Waals surface area contributed by atoms with E-state index in [0.717, 1.165) is 0 Å². The van der Waals surface area contributed by atoms with Crippen molar-refractivity contribution in [1.29, 1.82) is 0 Å². The number of nitrogens with zero attached hydrogens (tertiary/aromatic N) is 3.